The molecule has 1 aliphatic heterocycles. The van der Waals surface area contributed by atoms with Crippen LogP contribution in [0, 0.1) is 5.41 Å². The lowest BCUT2D eigenvalue weighted by molar-refractivity contribution is -0.143. The van der Waals surface area contributed by atoms with Crippen LogP contribution in [0.3, 0.4) is 0 Å². The van der Waals surface area contributed by atoms with E-state index < -0.39 is 11.5 Å². The number of nitrogens with zero attached hydrogens (tertiary/aromatic N) is 1. The molecule has 1 saturated heterocycles. The number of hydrogen-bond donors (Lipinski definition) is 2. The largest absolute Gasteiger partial charge is 0.480 e. The standard InChI is InChI=1S/C14H26N2O3/c1-5-14(6-2)7-9-16(10-8-14)12(19)15-13(3,4)11(17)18/h5-10H2,1-4H3,(H,15,19)(H,17,18). The fourth-order valence-electron chi connectivity index (χ4n) is 2.54. The number of aliphatic carboxylic acids is 1. The van der Waals surface area contributed by atoms with E-state index in [1.54, 1.807) is 4.90 Å². The number of carboxylic acid groups (broad SMARTS) is 1. The van der Waals surface area contributed by atoms with E-state index in [-0.39, 0.29) is 6.03 Å². The van der Waals surface area contributed by atoms with Gasteiger partial charge in [-0.25, -0.2) is 9.59 Å². The Morgan fingerprint density at radius 1 is 1.21 bits per heavy atom. The van der Waals surface area contributed by atoms with Crippen LogP contribution >= 0.6 is 0 Å². The summed E-state index contributed by atoms with van der Waals surface area (Å²) < 4.78 is 0. The summed E-state index contributed by atoms with van der Waals surface area (Å²) in [5.41, 5.74) is -0.861. The Morgan fingerprint density at radius 2 is 1.68 bits per heavy atom. The summed E-state index contributed by atoms with van der Waals surface area (Å²) in [5.74, 6) is -1.02. The van der Waals surface area contributed by atoms with Gasteiger partial charge in [0, 0.05) is 13.1 Å². The van der Waals surface area contributed by atoms with Crippen molar-refractivity contribution in [1.82, 2.24) is 10.2 Å². The second-order valence-electron chi connectivity index (χ2n) is 6.05. The van der Waals surface area contributed by atoms with Crippen LogP contribution in [-0.4, -0.2) is 40.6 Å². The van der Waals surface area contributed by atoms with Gasteiger partial charge in [-0.05, 0) is 32.1 Å². The Balaban J connectivity index is 2.56. The molecule has 0 unspecified atom stereocenters. The number of nitrogens with one attached hydrogen (secondary N) is 1. The van der Waals surface area contributed by atoms with Crippen molar-refractivity contribution < 1.29 is 14.7 Å². The van der Waals surface area contributed by atoms with Crippen LogP contribution in [0.5, 0.6) is 0 Å². The van der Waals surface area contributed by atoms with Crippen LogP contribution in [0.25, 0.3) is 0 Å². The normalized spacial score (nSPS) is 19.1. The highest BCUT2D eigenvalue weighted by molar-refractivity contribution is 5.85. The molecule has 110 valence electrons. The smallest absolute Gasteiger partial charge is 0.328 e. The van der Waals surface area contributed by atoms with Gasteiger partial charge in [-0.1, -0.05) is 26.7 Å². The molecule has 0 aromatic heterocycles. The third-order valence-electron chi connectivity index (χ3n) is 4.57. The Hall–Kier alpha value is -1.26. The molecule has 2 N–H and O–H groups in total. The molecule has 0 saturated carbocycles. The molecule has 0 aromatic carbocycles. The van der Waals surface area contributed by atoms with E-state index in [0.717, 1.165) is 25.7 Å². The lowest BCUT2D eigenvalue weighted by Crippen LogP contribution is -2.56. The van der Waals surface area contributed by atoms with Crippen molar-refractivity contribution in [3.8, 4) is 0 Å². The second-order valence-corrected chi connectivity index (χ2v) is 6.05. The fourth-order valence-corrected chi connectivity index (χ4v) is 2.54. The minimum absolute atomic E-state index is 0.270. The molecule has 1 rings (SSSR count). The third-order valence-corrected chi connectivity index (χ3v) is 4.57. The van der Waals surface area contributed by atoms with Crippen molar-refractivity contribution in [3.63, 3.8) is 0 Å². The minimum Gasteiger partial charge on any atom is -0.480 e. The maximum Gasteiger partial charge on any atom is 0.328 e. The monoisotopic (exact) mass is 270 g/mol. The maximum atomic E-state index is 12.1. The van der Waals surface area contributed by atoms with Gasteiger partial charge in [-0.2, -0.15) is 0 Å². The van der Waals surface area contributed by atoms with Gasteiger partial charge in [0.15, 0.2) is 0 Å². The van der Waals surface area contributed by atoms with Gasteiger partial charge in [0.05, 0.1) is 0 Å². The molecule has 0 atom stereocenters. The number of carboxylic acids is 1. The summed E-state index contributed by atoms with van der Waals surface area (Å²) in [6, 6.07) is -0.270. The molecule has 19 heavy (non-hydrogen) atoms. The van der Waals surface area contributed by atoms with E-state index in [0.29, 0.717) is 18.5 Å². The molecule has 0 aromatic rings. The number of carbonyl (C=O) groups is 2. The number of carbonyl (C=O) groups excluding carboxylic acids is 1. The Labute approximate surface area is 115 Å². The van der Waals surface area contributed by atoms with Crippen LogP contribution in [-0.2, 0) is 4.79 Å². The van der Waals surface area contributed by atoms with Gasteiger partial charge in [0.1, 0.15) is 5.54 Å². The highest BCUT2D eigenvalue weighted by Gasteiger charge is 2.35. The first-order valence-corrected chi connectivity index (χ1v) is 7.07. The summed E-state index contributed by atoms with van der Waals surface area (Å²) in [6.45, 7) is 8.82. The molecule has 0 bridgehead atoms. The summed E-state index contributed by atoms with van der Waals surface area (Å²) in [7, 11) is 0. The van der Waals surface area contributed by atoms with Crippen LogP contribution in [0.2, 0.25) is 0 Å². The molecular weight excluding hydrogens is 244 g/mol. The van der Waals surface area contributed by atoms with E-state index >= 15 is 0 Å². The first-order valence-electron chi connectivity index (χ1n) is 7.07. The second kappa shape index (κ2) is 5.80. The molecule has 1 heterocycles. The van der Waals surface area contributed by atoms with Crippen LogP contribution in [0.1, 0.15) is 53.4 Å². The first kappa shape index (κ1) is 15.8. The SMILES string of the molecule is CCC1(CC)CCN(C(=O)NC(C)(C)C(=O)O)CC1. The number of piperidine rings is 1. The molecule has 5 heteroatoms. The number of hydrogen-bond acceptors (Lipinski definition) is 2. The van der Waals surface area contributed by atoms with Crippen molar-refractivity contribution >= 4 is 12.0 Å². The van der Waals surface area contributed by atoms with Crippen LogP contribution in [0.15, 0.2) is 0 Å². The fraction of sp³-hybridized carbons (Fsp3) is 0.857. The lowest BCUT2D eigenvalue weighted by atomic mass is 9.74. The zero-order valence-electron chi connectivity index (χ0n) is 12.5. The van der Waals surface area contributed by atoms with Crippen molar-refractivity contribution in [2.45, 2.75) is 58.9 Å². The molecule has 0 spiro atoms. The van der Waals surface area contributed by atoms with Gasteiger partial charge in [0.25, 0.3) is 0 Å². The predicted octanol–water partition coefficient (Wildman–Crippen LogP) is 2.46. The zero-order valence-corrected chi connectivity index (χ0v) is 12.5. The maximum absolute atomic E-state index is 12.1. The zero-order chi connectivity index (χ0) is 14.7. The van der Waals surface area contributed by atoms with Gasteiger partial charge in [-0.15, -0.1) is 0 Å². The van der Waals surface area contributed by atoms with Crippen molar-refractivity contribution in [2.24, 2.45) is 5.41 Å². The van der Waals surface area contributed by atoms with Gasteiger partial charge in [0.2, 0.25) is 0 Å². The topological polar surface area (TPSA) is 69.6 Å². The number of amides is 2. The van der Waals surface area contributed by atoms with Crippen molar-refractivity contribution in [2.75, 3.05) is 13.1 Å². The predicted molar refractivity (Wildman–Crippen MR) is 74.1 cm³/mol. The van der Waals surface area contributed by atoms with E-state index in [1.807, 2.05) is 0 Å². The lowest BCUT2D eigenvalue weighted by Gasteiger charge is -2.41. The molecule has 2 amide bonds. The summed E-state index contributed by atoms with van der Waals surface area (Å²) in [4.78, 5) is 24.8. The van der Waals surface area contributed by atoms with Crippen molar-refractivity contribution in [1.29, 1.82) is 0 Å². The van der Waals surface area contributed by atoms with Gasteiger partial charge in [-0.3, -0.25) is 0 Å². The van der Waals surface area contributed by atoms with E-state index in [4.69, 9.17) is 5.11 Å². The highest BCUT2D eigenvalue weighted by atomic mass is 16.4. The molecule has 0 radical (unpaired) electrons. The average Bonchev–Trinajstić information content (AvgIpc) is 2.38. The average molecular weight is 270 g/mol. The molecule has 1 fully saturated rings. The molecule has 1 aliphatic rings. The van der Waals surface area contributed by atoms with E-state index in [2.05, 4.69) is 19.2 Å². The number of urea groups is 1. The minimum atomic E-state index is -1.22. The number of likely N-dealkylation sites (tertiary alicyclic amines) is 1. The van der Waals surface area contributed by atoms with Gasteiger partial charge >= 0.3 is 12.0 Å². The summed E-state index contributed by atoms with van der Waals surface area (Å²) in [6.07, 6.45) is 4.28. The van der Waals surface area contributed by atoms with Gasteiger partial charge < -0.3 is 15.3 Å². The summed E-state index contributed by atoms with van der Waals surface area (Å²) >= 11 is 0. The van der Waals surface area contributed by atoms with E-state index in [9.17, 15) is 9.59 Å². The van der Waals surface area contributed by atoms with Crippen LogP contribution in [0.4, 0.5) is 4.79 Å². The van der Waals surface area contributed by atoms with E-state index in [1.165, 1.54) is 13.8 Å². The highest BCUT2D eigenvalue weighted by Crippen LogP contribution is 2.37. The van der Waals surface area contributed by atoms with Crippen molar-refractivity contribution in [3.05, 3.63) is 0 Å². The Bertz CT molecular complexity index is 339. The molecule has 5 nitrogen and oxygen atoms in total. The Morgan fingerprint density at radius 3 is 2.05 bits per heavy atom. The number of rotatable bonds is 4. The van der Waals surface area contributed by atoms with Crippen LogP contribution < -0.4 is 5.32 Å². The molecule has 0 aliphatic carbocycles. The first-order chi connectivity index (χ1) is 8.76. The quantitative estimate of drug-likeness (QED) is 0.824. The molecular formula is C14H26N2O3. The Kier molecular flexibility index (Phi) is 4.82. The third kappa shape index (κ3) is 3.61. The summed E-state index contributed by atoms with van der Waals surface area (Å²) in [5, 5.41) is 11.6.